The lowest BCUT2D eigenvalue weighted by molar-refractivity contribution is -0.274. The van der Waals surface area contributed by atoms with Crippen LogP contribution in [0.25, 0.3) is 28.2 Å². The van der Waals surface area contributed by atoms with Crippen molar-refractivity contribution in [3.05, 3.63) is 54.4 Å². The number of fused-ring (bicyclic) bond motifs is 1. The molecule has 0 spiro atoms. The Hall–Kier alpha value is -3.49. The van der Waals surface area contributed by atoms with E-state index in [1.54, 1.807) is 33.2 Å². The summed E-state index contributed by atoms with van der Waals surface area (Å²) in [5.74, 6) is -0.312. The average molecular weight is 447 g/mol. The zero-order valence-electron chi connectivity index (χ0n) is 18.2. The third kappa shape index (κ3) is 5.40. The first kappa shape index (κ1) is 23.2. The molecule has 0 unspecified atom stereocenters. The van der Waals surface area contributed by atoms with Gasteiger partial charge in [-0.05, 0) is 50.1 Å². The first-order valence-corrected chi connectivity index (χ1v) is 9.80. The lowest BCUT2D eigenvalue weighted by Gasteiger charge is -2.20. The Kier molecular flexibility index (Phi) is 6.20. The van der Waals surface area contributed by atoms with E-state index in [1.807, 2.05) is 17.7 Å². The number of imidazole rings is 1. The van der Waals surface area contributed by atoms with Crippen LogP contribution in [0.5, 0.6) is 5.75 Å². The highest BCUT2D eigenvalue weighted by molar-refractivity contribution is 5.98. The molecule has 3 rings (SSSR count). The van der Waals surface area contributed by atoms with Crippen LogP contribution in [0, 0.1) is 0 Å². The largest absolute Gasteiger partial charge is 0.573 e. The van der Waals surface area contributed by atoms with Crippen molar-refractivity contribution in [3.8, 4) is 16.9 Å². The van der Waals surface area contributed by atoms with Crippen molar-refractivity contribution in [2.45, 2.75) is 39.3 Å². The van der Waals surface area contributed by atoms with Crippen molar-refractivity contribution in [3.63, 3.8) is 0 Å². The van der Waals surface area contributed by atoms with Crippen molar-refractivity contribution >= 4 is 23.2 Å². The minimum atomic E-state index is -4.76. The van der Waals surface area contributed by atoms with Crippen LogP contribution in [0.15, 0.2) is 43.2 Å². The summed E-state index contributed by atoms with van der Waals surface area (Å²) in [7, 11) is 1.83. The van der Waals surface area contributed by atoms with Crippen molar-refractivity contribution in [2.24, 2.45) is 7.05 Å². The molecule has 0 saturated heterocycles. The van der Waals surface area contributed by atoms with Crippen LogP contribution in [-0.4, -0.2) is 27.6 Å². The highest BCUT2D eigenvalue weighted by Crippen LogP contribution is 2.34. The Morgan fingerprint density at radius 2 is 1.88 bits per heavy atom. The fourth-order valence-corrected chi connectivity index (χ4v) is 3.33. The van der Waals surface area contributed by atoms with Crippen LogP contribution in [-0.2, 0) is 18.3 Å². The molecule has 0 aliphatic carbocycles. The van der Waals surface area contributed by atoms with Crippen LogP contribution < -0.4 is 10.1 Å². The first-order valence-electron chi connectivity index (χ1n) is 9.80. The summed E-state index contributed by atoms with van der Waals surface area (Å²) >= 11 is 0. The monoisotopic (exact) mass is 447 g/mol. The number of carbonyl (C=O) groups is 1. The fourth-order valence-electron chi connectivity index (χ4n) is 3.33. The molecule has 0 radical (unpaired) electrons. The smallest absolute Gasteiger partial charge is 0.444 e. The van der Waals surface area contributed by atoms with E-state index in [4.69, 9.17) is 4.74 Å². The number of halogens is 3. The van der Waals surface area contributed by atoms with Gasteiger partial charge in [0.05, 0.1) is 17.4 Å². The lowest BCUT2D eigenvalue weighted by atomic mass is 9.96. The van der Waals surface area contributed by atoms with Gasteiger partial charge in [-0.1, -0.05) is 24.8 Å². The van der Waals surface area contributed by atoms with Crippen LogP contribution in [0.4, 0.5) is 18.0 Å². The summed E-state index contributed by atoms with van der Waals surface area (Å²) in [4.78, 5) is 16.6. The number of aromatic nitrogens is 2. The summed E-state index contributed by atoms with van der Waals surface area (Å²) in [6, 6.07) is 7.39. The van der Waals surface area contributed by atoms with Gasteiger partial charge >= 0.3 is 12.5 Å². The Morgan fingerprint density at radius 3 is 2.44 bits per heavy atom. The van der Waals surface area contributed by atoms with E-state index < -0.39 is 18.1 Å². The highest BCUT2D eigenvalue weighted by atomic mass is 19.4. The van der Waals surface area contributed by atoms with E-state index in [9.17, 15) is 18.0 Å². The standard InChI is InChI=1S/C23H24F3N3O3/c1-6-17-15(12-27-21(30)32-22(2,3)4)11-18(19-20(17)29(5)13-28-19)14-7-9-16(10-8-14)31-23(24,25)26/h6-11,13H,1,12H2,2-5H3,(H,27,30). The molecule has 0 bridgehead atoms. The summed E-state index contributed by atoms with van der Waals surface area (Å²) in [6.07, 6.45) is -2.00. The number of hydrogen-bond acceptors (Lipinski definition) is 4. The van der Waals surface area contributed by atoms with E-state index in [2.05, 4.69) is 21.6 Å². The molecule has 0 fully saturated rings. The van der Waals surface area contributed by atoms with E-state index in [0.29, 0.717) is 16.6 Å². The summed E-state index contributed by atoms with van der Waals surface area (Å²) in [6.45, 7) is 9.37. The molecule has 0 atom stereocenters. The minimum Gasteiger partial charge on any atom is -0.444 e. The number of hydrogen-bond donors (Lipinski definition) is 1. The zero-order chi connectivity index (χ0) is 23.7. The second-order valence-corrected chi connectivity index (χ2v) is 8.18. The minimum absolute atomic E-state index is 0.166. The van der Waals surface area contributed by atoms with E-state index >= 15 is 0 Å². The van der Waals surface area contributed by atoms with Crippen LogP contribution >= 0.6 is 0 Å². The molecule has 9 heteroatoms. The van der Waals surface area contributed by atoms with Gasteiger partial charge < -0.3 is 19.4 Å². The van der Waals surface area contributed by atoms with Gasteiger partial charge in [-0.2, -0.15) is 0 Å². The molecule has 2 aromatic carbocycles. The van der Waals surface area contributed by atoms with Gasteiger partial charge in [-0.15, -0.1) is 13.2 Å². The molecule has 0 saturated carbocycles. The molecule has 3 aromatic rings. The lowest BCUT2D eigenvalue weighted by Crippen LogP contribution is -2.32. The summed E-state index contributed by atoms with van der Waals surface area (Å²) < 4.78 is 48.5. The maximum absolute atomic E-state index is 12.5. The van der Waals surface area contributed by atoms with Crippen LogP contribution in [0.1, 0.15) is 31.9 Å². The predicted octanol–water partition coefficient (Wildman–Crippen LogP) is 5.81. The number of alkyl carbamates (subject to hydrolysis) is 1. The summed E-state index contributed by atoms with van der Waals surface area (Å²) in [5, 5.41) is 2.74. The van der Waals surface area contributed by atoms with E-state index in [1.165, 1.54) is 24.3 Å². The van der Waals surface area contributed by atoms with Crippen LogP contribution in [0.3, 0.4) is 0 Å². The quantitative estimate of drug-likeness (QED) is 0.536. The average Bonchev–Trinajstić information content (AvgIpc) is 3.05. The number of aryl methyl sites for hydroxylation is 1. The normalized spacial score (nSPS) is 12.0. The zero-order valence-corrected chi connectivity index (χ0v) is 18.2. The fraction of sp³-hybridized carbons (Fsp3) is 0.304. The molecule has 1 N–H and O–H groups in total. The number of nitrogens with one attached hydrogen (secondary N) is 1. The second-order valence-electron chi connectivity index (χ2n) is 8.18. The van der Waals surface area contributed by atoms with E-state index in [-0.39, 0.29) is 12.3 Å². The number of rotatable bonds is 5. The molecule has 0 aliphatic heterocycles. The number of nitrogens with zero attached hydrogens (tertiary/aromatic N) is 2. The van der Waals surface area contributed by atoms with Crippen molar-refractivity contribution < 1.29 is 27.4 Å². The first-order chi connectivity index (χ1) is 14.9. The van der Waals surface area contributed by atoms with Gasteiger partial charge in [0.2, 0.25) is 0 Å². The molecular formula is C23H24F3N3O3. The molecule has 1 aromatic heterocycles. The highest BCUT2D eigenvalue weighted by Gasteiger charge is 2.31. The molecule has 170 valence electrons. The van der Waals surface area contributed by atoms with Gasteiger partial charge in [0.1, 0.15) is 11.4 Å². The number of benzene rings is 2. The third-order valence-electron chi connectivity index (χ3n) is 4.54. The van der Waals surface area contributed by atoms with Crippen molar-refractivity contribution in [1.29, 1.82) is 0 Å². The number of amides is 1. The maximum atomic E-state index is 12.5. The van der Waals surface area contributed by atoms with Crippen molar-refractivity contribution in [1.82, 2.24) is 14.9 Å². The van der Waals surface area contributed by atoms with Gasteiger partial charge in [-0.25, -0.2) is 9.78 Å². The topological polar surface area (TPSA) is 65.4 Å². The molecule has 0 aliphatic rings. The number of carbonyl (C=O) groups excluding carboxylic acids is 1. The Balaban J connectivity index is 2.02. The van der Waals surface area contributed by atoms with Crippen molar-refractivity contribution in [2.75, 3.05) is 0 Å². The second kappa shape index (κ2) is 8.57. The molecule has 1 heterocycles. The van der Waals surface area contributed by atoms with E-state index in [0.717, 1.165) is 16.6 Å². The number of ether oxygens (including phenoxy) is 2. The Morgan fingerprint density at radius 1 is 1.22 bits per heavy atom. The van der Waals surface area contributed by atoms with Gasteiger partial charge in [0.25, 0.3) is 0 Å². The number of alkyl halides is 3. The van der Waals surface area contributed by atoms with Gasteiger partial charge in [0.15, 0.2) is 0 Å². The van der Waals surface area contributed by atoms with Crippen LogP contribution in [0.2, 0.25) is 0 Å². The molecule has 32 heavy (non-hydrogen) atoms. The molecule has 6 nitrogen and oxygen atoms in total. The molecule has 1 amide bonds. The van der Waals surface area contributed by atoms with Gasteiger partial charge in [-0.3, -0.25) is 0 Å². The SMILES string of the molecule is C=Cc1c(CNC(=O)OC(C)(C)C)cc(-c2ccc(OC(F)(F)F)cc2)c2ncn(C)c12. The third-order valence-corrected chi connectivity index (χ3v) is 4.54. The maximum Gasteiger partial charge on any atom is 0.573 e. The Labute approximate surface area is 183 Å². The predicted molar refractivity (Wildman–Crippen MR) is 116 cm³/mol. The van der Waals surface area contributed by atoms with Gasteiger partial charge in [0, 0.05) is 24.7 Å². The molecular weight excluding hydrogens is 423 g/mol. The summed E-state index contributed by atoms with van der Waals surface area (Å²) in [5.41, 5.74) is 3.71. The Bertz CT molecular complexity index is 1140.